The van der Waals surface area contributed by atoms with Crippen LogP contribution in [-0.2, 0) is 0 Å². The van der Waals surface area contributed by atoms with E-state index in [2.05, 4.69) is 20.6 Å². The van der Waals surface area contributed by atoms with Gasteiger partial charge in [0, 0.05) is 18.9 Å². The molecule has 2 rings (SSSR count). The molecule has 1 aromatic heterocycles. The van der Waals surface area contributed by atoms with Crippen molar-refractivity contribution in [3.8, 4) is 0 Å². The third-order valence-corrected chi connectivity index (χ3v) is 2.89. The standard InChI is InChI=1S/C16H18N4O2/c1-11(2)9-19-15(21)12-5-3-4-6-13(12)20-16(22)14-10-17-7-8-18-14/h3-8,10-11H,9H2,1-2H3,(H,19,21)(H,20,22). The molecule has 6 nitrogen and oxygen atoms in total. The van der Waals surface area contributed by atoms with E-state index in [4.69, 9.17) is 0 Å². The van der Waals surface area contributed by atoms with Gasteiger partial charge in [0.25, 0.3) is 11.8 Å². The number of amides is 2. The molecule has 1 heterocycles. The Morgan fingerprint density at radius 1 is 1.14 bits per heavy atom. The molecular formula is C16H18N4O2. The second kappa shape index (κ2) is 7.31. The summed E-state index contributed by atoms with van der Waals surface area (Å²) in [4.78, 5) is 32.1. The molecule has 22 heavy (non-hydrogen) atoms. The van der Waals surface area contributed by atoms with Crippen LogP contribution in [0.5, 0.6) is 0 Å². The number of anilines is 1. The molecule has 0 unspecified atom stereocenters. The van der Waals surface area contributed by atoms with Crippen LogP contribution in [0.4, 0.5) is 5.69 Å². The topological polar surface area (TPSA) is 84.0 Å². The summed E-state index contributed by atoms with van der Waals surface area (Å²) >= 11 is 0. The summed E-state index contributed by atoms with van der Waals surface area (Å²) < 4.78 is 0. The van der Waals surface area contributed by atoms with Gasteiger partial charge in [-0.3, -0.25) is 14.6 Å². The normalized spacial score (nSPS) is 10.3. The van der Waals surface area contributed by atoms with Crippen LogP contribution in [-0.4, -0.2) is 28.3 Å². The minimum atomic E-state index is -0.405. The first kappa shape index (κ1) is 15.6. The molecule has 1 aromatic carbocycles. The SMILES string of the molecule is CC(C)CNC(=O)c1ccccc1NC(=O)c1cnccn1. The first-order chi connectivity index (χ1) is 10.6. The first-order valence-electron chi connectivity index (χ1n) is 7.02. The number of carbonyl (C=O) groups excluding carboxylic acids is 2. The fourth-order valence-electron chi connectivity index (χ4n) is 1.78. The number of para-hydroxylation sites is 1. The largest absolute Gasteiger partial charge is 0.352 e. The van der Waals surface area contributed by atoms with Gasteiger partial charge in [0.15, 0.2) is 0 Å². The Morgan fingerprint density at radius 3 is 2.59 bits per heavy atom. The maximum atomic E-state index is 12.2. The van der Waals surface area contributed by atoms with Gasteiger partial charge in [0.2, 0.25) is 0 Å². The van der Waals surface area contributed by atoms with Crippen molar-refractivity contribution >= 4 is 17.5 Å². The van der Waals surface area contributed by atoms with E-state index in [-0.39, 0.29) is 11.6 Å². The summed E-state index contributed by atoms with van der Waals surface area (Å²) in [5, 5.41) is 5.53. The highest BCUT2D eigenvalue weighted by atomic mass is 16.2. The molecule has 2 N–H and O–H groups in total. The molecule has 0 fully saturated rings. The van der Waals surface area contributed by atoms with Gasteiger partial charge in [-0.2, -0.15) is 0 Å². The lowest BCUT2D eigenvalue weighted by atomic mass is 10.1. The van der Waals surface area contributed by atoms with Crippen molar-refractivity contribution in [2.75, 3.05) is 11.9 Å². The van der Waals surface area contributed by atoms with E-state index in [1.54, 1.807) is 24.3 Å². The minimum Gasteiger partial charge on any atom is -0.352 e. The maximum absolute atomic E-state index is 12.2. The molecule has 0 atom stereocenters. The van der Waals surface area contributed by atoms with Crippen molar-refractivity contribution in [1.82, 2.24) is 15.3 Å². The zero-order chi connectivity index (χ0) is 15.9. The molecular weight excluding hydrogens is 280 g/mol. The Balaban J connectivity index is 2.15. The highest BCUT2D eigenvalue weighted by molar-refractivity contribution is 6.08. The summed E-state index contributed by atoms with van der Waals surface area (Å²) in [7, 11) is 0. The van der Waals surface area contributed by atoms with E-state index in [0.29, 0.717) is 23.7 Å². The van der Waals surface area contributed by atoms with Crippen molar-refractivity contribution in [3.05, 3.63) is 54.1 Å². The van der Waals surface area contributed by atoms with Crippen LogP contribution < -0.4 is 10.6 Å². The molecule has 0 aliphatic heterocycles. The summed E-state index contributed by atoms with van der Waals surface area (Å²) in [6, 6.07) is 6.86. The quantitative estimate of drug-likeness (QED) is 0.885. The molecule has 2 amide bonds. The highest BCUT2D eigenvalue weighted by Gasteiger charge is 2.14. The average Bonchev–Trinajstić information content (AvgIpc) is 2.54. The van der Waals surface area contributed by atoms with Gasteiger partial charge in [0.1, 0.15) is 5.69 Å². The van der Waals surface area contributed by atoms with E-state index >= 15 is 0 Å². The summed E-state index contributed by atoms with van der Waals surface area (Å²) in [5.41, 5.74) is 1.06. The number of nitrogens with zero attached hydrogens (tertiary/aromatic N) is 2. The molecule has 0 saturated carbocycles. The second-order valence-electron chi connectivity index (χ2n) is 5.19. The number of carbonyl (C=O) groups is 2. The Kier molecular flexibility index (Phi) is 5.19. The molecule has 114 valence electrons. The molecule has 0 aliphatic carbocycles. The predicted molar refractivity (Wildman–Crippen MR) is 83.6 cm³/mol. The average molecular weight is 298 g/mol. The molecule has 0 aliphatic rings. The van der Waals surface area contributed by atoms with Gasteiger partial charge in [-0.25, -0.2) is 4.98 Å². The monoisotopic (exact) mass is 298 g/mol. The Bertz CT molecular complexity index is 656. The molecule has 0 radical (unpaired) electrons. The summed E-state index contributed by atoms with van der Waals surface area (Å²) in [5.74, 6) is -0.272. The van der Waals surface area contributed by atoms with Crippen LogP contribution in [0, 0.1) is 5.92 Å². The number of aromatic nitrogens is 2. The van der Waals surface area contributed by atoms with Gasteiger partial charge in [-0.15, -0.1) is 0 Å². The fraction of sp³-hybridized carbons (Fsp3) is 0.250. The minimum absolute atomic E-state index is 0.194. The summed E-state index contributed by atoms with van der Waals surface area (Å²) in [6.45, 7) is 4.61. The number of benzene rings is 1. The van der Waals surface area contributed by atoms with Crippen molar-refractivity contribution in [3.63, 3.8) is 0 Å². The lowest BCUT2D eigenvalue weighted by molar-refractivity contribution is 0.0950. The number of hydrogen-bond acceptors (Lipinski definition) is 4. The van der Waals surface area contributed by atoms with E-state index in [1.165, 1.54) is 18.6 Å². The van der Waals surface area contributed by atoms with Gasteiger partial charge in [0.05, 0.1) is 17.4 Å². The van der Waals surface area contributed by atoms with Gasteiger partial charge >= 0.3 is 0 Å². The van der Waals surface area contributed by atoms with Crippen molar-refractivity contribution < 1.29 is 9.59 Å². The third kappa shape index (κ3) is 4.12. The molecule has 0 saturated heterocycles. The molecule has 2 aromatic rings. The summed E-state index contributed by atoms with van der Waals surface area (Å²) in [6.07, 6.45) is 4.30. The van der Waals surface area contributed by atoms with Gasteiger partial charge < -0.3 is 10.6 Å². The van der Waals surface area contributed by atoms with E-state index in [9.17, 15) is 9.59 Å². The number of nitrogens with one attached hydrogen (secondary N) is 2. The smallest absolute Gasteiger partial charge is 0.275 e. The zero-order valence-corrected chi connectivity index (χ0v) is 12.5. The van der Waals surface area contributed by atoms with Gasteiger partial charge in [-0.05, 0) is 18.1 Å². The van der Waals surface area contributed by atoms with Crippen molar-refractivity contribution in [2.24, 2.45) is 5.92 Å². The van der Waals surface area contributed by atoms with Crippen LogP contribution in [0.2, 0.25) is 0 Å². The van der Waals surface area contributed by atoms with Crippen LogP contribution in [0.15, 0.2) is 42.9 Å². The third-order valence-electron chi connectivity index (χ3n) is 2.89. The maximum Gasteiger partial charge on any atom is 0.275 e. The van der Waals surface area contributed by atoms with Crippen LogP contribution >= 0.6 is 0 Å². The van der Waals surface area contributed by atoms with Gasteiger partial charge in [-0.1, -0.05) is 26.0 Å². The second-order valence-corrected chi connectivity index (χ2v) is 5.19. The van der Waals surface area contributed by atoms with E-state index < -0.39 is 5.91 Å². The van der Waals surface area contributed by atoms with Crippen LogP contribution in [0.1, 0.15) is 34.7 Å². The lowest BCUT2D eigenvalue weighted by Crippen LogP contribution is -2.28. The van der Waals surface area contributed by atoms with Crippen LogP contribution in [0.3, 0.4) is 0 Å². The zero-order valence-electron chi connectivity index (χ0n) is 12.5. The lowest BCUT2D eigenvalue weighted by Gasteiger charge is -2.12. The van der Waals surface area contributed by atoms with Crippen LogP contribution in [0.25, 0.3) is 0 Å². The predicted octanol–water partition coefficient (Wildman–Crippen LogP) is 2.11. The molecule has 6 heteroatoms. The highest BCUT2D eigenvalue weighted by Crippen LogP contribution is 2.15. The van der Waals surface area contributed by atoms with E-state index in [0.717, 1.165) is 0 Å². The molecule has 0 spiro atoms. The van der Waals surface area contributed by atoms with Crippen molar-refractivity contribution in [1.29, 1.82) is 0 Å². The van der Waals surface area contributed by atoms with Crippen molar-refractivity contribution in [2.45, 2.75) is 13.8 Å². The first-order valence-corrected chi connectivity index (χ1v) is 7.02. The number of rotatable bonds is 5. The number of hydrogen-bond donors (Lipinski definition) is 2. The molecule has 0 bridgehead atoms. The Morgan fingerprint density at radius 2 is 1.91 bits per heavy atom. The fourth-order valence-corrected chi connectivity index (χ4v) is 1.78. The Hall–Kier alpha value is -2.76. The van der Waals surface area contributed by atoms with E-state index in [1.807, 2.05) is 13.8 Å². The Labute approximate surface area is 129 Å².